The van der Waals surface area contributed by atoms with E-state index >= 15 is 0 Å². The number of aliphatic hydroxyl groups excluding tert-OH is 2. The summed E-state index contributed by atoms with van der Waals surface area (Å²) in [6, 6.07) is 0. The van der Waals surface area contributed by atoms with E-state index in [1.807, 2.05) is 0 Å². The molecule has 0 bridgehead atoms. The molecule has 0 heterocycles. The van der Waals surface area contributed by atoms with Gasteiger partial charge < -0.3 is 14.9 Å². The number of hydrogen-bond donors (Lipinski definition) is 2. The van der Waals surface area contributed by atoms with Gasteiger partial charge in [0.1, 0.15) is 6.61 Å². The van der Waals surface area contributed by atoms with Crippen LogP contribution in [-0.4, -0.2) is 35.0 Å². The number of rotatable bonds is 18. The predicted molar refractivity (Wildman–Crippen MR) is 104 cm³/mol. The van der Waals surface area contributed by atoms with Crippen molar-refractivity contribution in [3.05, 3.63) is 0 Å². The second-order valence-corrected chi connectivity index (χ2v) is 7.40. The second-order valence-electron chi connectivity index (χ2n) is 7.40. The third-order valence-electron chi connectivity index (χ3n) is 4.54. The minimum Gasteiger partial charge on any atom is -0.463 e. The van der Waals surface area contributed by atoms with Crippen LogP contribution in [0.4, 0.5) is 0 Å². The number of esters is 1. The Kier molecular flexibility index (Phi) is 17.7. The molecule has 4 heteroatoms. The van der Waals surface area contributed by atoms with Gasteiger partial charge in [0.05, 0.1) is 12.2 Å². The molecule has 0 aliphatic heterocycles. The van der Waals surface area contributed by atoms with Crippen molar-refractivity contribution in [1.29, 1.82) is 0 Å². The first-order valence-corrected chi connectivity index (χ1v) is 10.6. The van der Waals surface area contributed by atoms with E-state index in [9.17, 15) is 9.90 Å². The normalized spacial score (nSPS) is 13.6. The summed E-state index contributed by atoms with van der Waals surface area (Å²) in [5.74, 6) is -0.200. The van der Waals surface area contributed by atoms with Crippen molar-refractivity contribution >= 4 is 5.97 Å². The highest BCUT2D eigenvalue weighted by molar-refractivity contribution is 5.69. The molecule has 2 N–H and O–H groups in total. The summed E-state index contributed by atoms with van der Waals surface area (Å²) >= 11 is 0. The van der Waals surface area contributed by atoms with Crippen molar-refractivity contribution in [2.24, 2.45) is 0 Å². The fraction of sp³-hybridized carbons (Fsp3) is 0.952. The van der Waals surface area contributed by atoms with Crippen LogP contribution in [0.2, 0.25) is 0 Å². The monoisotopic (exact) mass is 358 g/mol. The number of ether oxygens (including phenoxy) is 1. The van der Waals surface area contributed by atoms with E-state index in [1.54, 1.807) is 6.92 Å². The first-order valence-electron chi connectivity index (χ1n) is 10.6. The summed E-state index contributed by atoms with van der Waals surface area (Å²) in [5.41, 5.74) is 0. The lowest BCUT2D eigenvalue weighted by Gasteiger charge is -2.10. The van der Waals surface area contributed by atoms with Crippen LogP contribution in [-0.2, 0) is 9.53 Å². The Morgan fingerprint density at radius 2 is 1.28 bits per heavy atom. The molecule has 0 aromatic carbocycles. The van der Waals surface area contributed by atoms with E-state index in [2.05, 4.69) is 6.92 Å². The molecular formula is C21H42O4. The average molecular weight is 359 g/mol. The summed E-state index contributed by atoms with van der Waals surface area (Å²) in [4.78, 5) is 11.4. The molecule has 150 valence electrons. The van der Waals surface area contributed by atoms with Crippen LogP contribution in [0.3, 0.4) is 0 Å². The summed E-state index contributed by atoms with van der Waals surface area (Å²) in [5, 5.41) is 18.9. The van der Waals surface area contributed by atoms with E-state index in [0.29, 0.717) is 6.42 Å². The molecule has 0 spiro atoms. The van der Waals surface area contributed by atoms with Crippen LogP contribution in [0.25, 0.3) is 0 Å². The van der Waals surface area contributed by atoms with Gasteiger partial charge in [0.2, 0.25) is 0 Å². The molecule has 2 atom stereocenters. The highest BCUT2D eigenvalue weighted by atomic mass is 16.5. The quantitative estimate of drug-likeness (QED) is 0.263. The number of carbonyl (C=O) groups is 1. The highest BCUT2D eigenvalue weighted by Crippen LogP contribution is 2.14. The van der Waals surface area contributed by atoms with Crippen molar-refractivity contribution in [1.82, 2.24) is 0 Å². The van der Waals surface area contributed by atoms with Gasteiger partial charge in [-0.05, 0) is 26.2 Å². The predicted octanol–water partition coefficient (Wildman–Crippen LogP) is 5.14. The molecule has 0 saturated heterocycles. The standard InChI is InChI=1S/C21H42O4/c1-3-4-5-12-15-20(23)16-13-10-8-6-7-9-11-14-17-21(24)25-18-19(2)22/h19-20,22-23H,3-18H2,1-2H3/t19-,20+/m0/s1. The minimum absolute atomic E-state index is 0.0922. The molecular weight excluding hydrogens is 316 g/mol. The maximum Gasteiger partial charge on any atom is 0.305 e. The number of aliphatic hydroxyl groups is 2. The third kappa shape index (κ3) is 19.6. The molecule has 0 rings (SSSR count). The number of carbonyl (C=O) groups excluding carboxylic acids is 1. The van der Waals surface area contributed by atoms with Gasteiger partial charge in [-0.1, -0.05) is 77.6 Å². The molecule has 0 amide bonds. The number of hydrogen-bond acceptors (Lipinski definition) is 4. The maximum absolute atomic E-state index is 11.4. The molecule has 0 aliphatic carbocycles. The average Bonchev–Trinajstić information content (AvgIpc) is 2.58. The fourth-order valence-corrected chi connectivity index (χ4v) is 2.95. The van der Waals surface area contributed by atoms with Crippen LogP contribution in [0.1, 0.15) is 110 Å². The van der Waals surface area contributed by atoms with Gasteiger partial charge >= 0.3 is 5.97 Å². The zero-order valence-corrected chi connectivity index (χ0v) is 16.7. The Balaban J connectivity index is 3.22. The van der Waals surface area contributed by atoms with Gasteiger partial charge in [0.25, 0.3) is 0 Å². The van der Waals surface area contributed by atoms with Crippen molar-refractivity contribution < 1.29 is 19.7 Å². The zero-order chi connectivity index (χ0) is 18.8. The van der Waals surface area contributed by atoms with Gasteiger partial charge in [0.15, 0.2) is 0 Å². The molecule has 0 aliphatic rings. The molecule has 0 unspecified atom stereocenters. The molecule has 0 aromatic rings. The molecule has 0 fully saturated rings. The Bertz CT molecular complexity index is 292. The second kappa shape index (κ2) is 18.2. The van der Waals surface area contributed by atoms with E-state index in [-0.39, 0.29) is 18.7 Å². The van der Waals surface area contributed by atoms with Gasteiger partial charge in [0, 0.05) is 6.42 Å². The van der Waals surface area contributed by atoms with Crippen LogP contribution in [0.15, 0.2) is 0 Å². The van der Waals surface area contributed by atoms with Crippen molar-refractivity contribution in [2.45, 2.75) is 122 Å². The third-order valence-corrected chi connectivity index (χ3v) is 4.54. The summed E-state index contributed by atoms with van der Waals surface area (Å²) < 4.78 is 4.92. The summed E-state index contributed by atoms with van der Waals surface area (Å²) in [6.45, 7) is 3.93. The van der Waals surface area contributed by atoms with Crippen LogP contribution in [0, 0.1) is 0 Å². The summed E-state index contributed by atoms with van der Waals surface area (Å²) in [7, 11) is 0. The lowest BCUT2D eigenvalue weighted by atomic mass is 10.0. The van der Waals surface area contributed by atoms with Crippen molar-refractivity contribution in [3.8, 4) is 0 Å². The smallest absolute Gasteiger partial charge is 0.305 e. The van der Waals surface area contributed by atoms with E-state index < -0.39 is 6.10 Å². The number of unbranched alkanes of at least 4 members (excludes halogenated alkanes) is 10. The zero-order valence-electron chi connectivity index (χ0n) is 16.7. The van der Waals surface area contributed by atoms with Gasteiger partial charge in [-0.2, -0.15) is 0 Å². The molecule has 0 radical (unpaired) electrons. The minimum atomic E-state index is -0.578. The lowest BCUT2D eigenvalue weighted by molar-refractivity contribution is -0.146. The van der Waals surface area contributed by atoms with Gasteiger partial charge in [-0.3, -0.25) is 4.79 Å². The summed E-state index contributed by atoms with van der Waals surface area (Å²) in [6.07, 6.45) is 15.9. The van der Waals surface area contributed by atoms with Crippen molar-refractivity contribution in [3.63, 3.8) is 0 Å². The maximum atomic E-state index is 11.4. The van der Waals surface area contributed by atoms with Gasteiger partial charge in [-0.25, -0.2) is 0 Å². The highest BCUT2D eigenvalue weighted by Gasteiger charge is 2.05. The Morgan fingerprint density at radius 1 is 0.800 bits per heavy atom. The van der Waals surface area contributed by atoms with Crippen molar-refractivity contribution in [2.75, 3.05) is 6.61 Å². The first-order chi connectivity index (χ1) is 12.1. The molecule has 0 aromatic heterocycles. The molecule has 0 saturated carbocycles. The van der Waals surface area contributed by atoms with Crippen LogP contribution in [0.5, 0.6) is 0 Å². The van der Waals surface area contributed by atoms with E-state index in [1.165, 1.54) is 57.8 Å². The fourth-order valence-electron chi connectivity index (χ4n) is 2.95. The Hall–Kier alpha value is -0.610. The van der Waals surface area contributed by atoms with Crippen LogP contribution < -0.4 is 0 Å². The van der Waals surface area contributed by atoms with E-state index in [4.69, 9.17) is 9.84 Å². The molecule has 4 nitrogen and oxygen atoms in total. The SMILES string of the molecule is CCCCCC[C@@H](O)CCCCCCCCCCC(=O)OC[C@H](C)O. The molecule has 25 heavy (non-hydrogen) atoms. The topological polar surface area (TPSA) is 66.8 Å². The van der Waals surface area contributed by atoms with Crippen LogP contribution >= 0.6 is 0 Å². The van der Waals surface area contributed by atoms with Gasteiger partial charge in [-0.15, -0.1) is 0 Å². The lowest BCUT2D eigenvalue weighted by Crippen LogP contribution is -2.14. The largest absolute Gasteiger partial charge is 0.463 e. The Labute approximate surface area is 155 Å². The van der Waals surface area contributed by atoms with E-state index in [0.717, 1.165) is 32.1 Å². The Morgan fingerprint density at radius 3 is 1.80 bits per heavy atom. The first kappa shape index (κ1) is 24.4.